The molecule has 214 valence electrons. The number of carbonyl (C=O) groups excluding carboxylic acids is 1. The van der Waals surface area contributed by atoms with Crippen LogP contribution in [0.25, 0.3) is 0 Å². The van der Waals surface area contributed by atoms with Crippen LogP contribution in [0.15, 0.2) is 35.0 Å². The molecule has 2 fully saturated rings. The van der Waals surface area contributed by atoms with Crippen LogP contribution in [0.2, 0.25) is 0 Å². The van der Waals surface area contributed by atoms with E-state index in [0.717, 1.165) is 68.1 Å². The van der Waals surface area contributed by atoms with Crippen LogP contribution in [0, 0.1) is 12.3 Å². The number of piperidine rings is 1. The van der Waals surface area contributed by atoms with Gasteiger partial charge in [0.1, 0.15) is 5.70 Å². The zero-order chi connectivity index (χ0) is 28.3. The maximum Gasteiger partial charge on any atom is 0.242 e. The number of methoxy groups -OCH3 is 1. The number of nitrogens with zero attached hydrogens (tertiary/aromatic N) is 5. The third-order valence-electron chi connectivity index (χ3n) is 8.22. The van der Waals surface area contributed by atoms with Gasteiger partial charge in [-0.25, -0.2) is 15.0 Å². The number of anilines is 3. The molecular weight excluding hydrogens is 510 g/mol. The first kappa shape index (κ1) is 27.8. The Kier molecular flexibility index (Phi) is 8.17. The van der Waals surface area contributed by atoms with E-state index in [1.54, 1.807) is 25.7 Å². The summed E-state index contributed by atoms with van der Waals surface area (Å²) in [5.74, 6) is 1.05. The summed E-state index contributed by atoms with van der Waals surface area (Å²) in [6, 6.07) is 1.78. The van der Waals surface area contributed by atoms with Crippen molar-refractivity contribution in [2.45, 2.75) is 45.1 Å². The van der Waals surface area contributed by atoms with Crippen LogP contribution in [0.1, 0.15) is 48.9 Å². The average molecular weight is 550 g/mol. The molecule has 1 amide bonds. The van der Waals surface area contributed by atoms with E-state index in [1.165, 1.54) is 7.11 Å². The second-order valence-electron chi connectivity index (χ2n) is 10.8. The van der Waals surface area contributed by atoms with Gasteiger partial charge in [-0.15, -0.1) is 0 Å². The fourth-order valence-electron chi connectivity index (χ4n) is 5.79. The average Bonchev–Trinajstić information content (AvgIpc) is 3.38. The van der Waals surface area contributed by atoms with Crippen LogP contribution in [-0.2, 0) is 14.3 Å². The van der Waals surface area contributed by atoms with Crippen molar-refractivity contribution in [1.29, 1.82) is 0 Å². The Bertz CT molecular complexity index is 1300. The largest absolute Gasteiger partial charge is 0.481 e. The molecule has 5 N–H and O–H groups in total. The highest BCUT2D eigenvalue weighted by atomic mass is 16.5. The molecule has 12 nitrogen and oxygen atoms in total. The van der Waals surface area contributed by atoms with Crippen LogP contribution in [0.3, 0.4) is 0 Å². The molecule has 5 heterocycles. The Morgan fingerprint density at radius 3 is 2.77 bits per heavy atom. The summed E-state index contributed by atoms with van der Waals surface area (Å²) in [5.41, 5.74) is 10.4. The van der Waals surface area contributed by atoms with Gasteiger partial charge in [-0.2, -0.15) is 0 Å². The number of aliphatic imine (C=N–C) groups is 1. The zero-order valence-corrected chi connectivity index (χ0v) is 23.7. The third kappa shape index (κ3) is 5.46. The van der Waals surface area contributed by atoms with Crippen molar-refractivity contribution in [2.24, 2.45) is 16.1 Å². The lowest BCUT2D eigenvalue weighted by Crippen LogP contribution is -2.55. The lowest BCUT2D eigenvalue weighted by atomic mass is 9.76. The first-order valence-corrected chi connectivity index (χ1v) is 13.8. The minimum Gasteiger partial charge on any atom is -0.481 e. The number of fused-ring (bicyclic) bond motifs is 1. The summed E-state index contributed by atoms with van der Waals surface area (Å²) in [6.45, 7) is 8.20. The SMILES string of the molecule is CCC(C(=O)Nc1nccc2c1NCC2c1nc(NC(C=NC)=C(N)OC)ncc1C)N1CCC2(CC1)COC2. The van der Waals surface area contributed by atoms with Crippen molar-refractivity contribution in [2.75, 3.05) is 63.0 Å². The molecule has 2 aromatic rings. The molecule has 3 aliphatic heterocycles. The van der Waals surface area contributed by atoms with E-state index in [-0.39, 0.29) is 23.8 Å². The fourth-order valence-corrected chi connectivity index (χ4v) is 5.79. The van der Waals surface area contributed by atoms with Gasteiger partial charge in [0.2, 0.25) is 17.7 Å². The highest BCUT2D eigenvalue weighted by Gasteiger charge is 2.43. The molecule has 2 unspecified atom stereocenters. The molecule has 0 aliphatic carbocycles. The molecule has 0 radical (unpaired) electrons. The number of aromatic nitrogens is 3. The Hall–Kier alpha value is -3.77. The summed E-state index contributed by atoms with van der Waals surface area (Å²) in [7, 11) is 3.13. The minimum absolute atomic E-state index is 0.0215. The zero-order valence-electron chi connectivity index (χ0n) is 23.7. The summed E-state index contributed by atoms with van der Waals surface area (Å²) in [6.07, 6.45) is 7.97. The van der Waals surface area contributed by atoms with Gasteiger partial charge in [0.25, 0.3) is 0 Å². The third-order valence-corrected chi connectivity index (χ3v) is 8.22. The van der Waals surface area contributed by atoms with Gasteiger partial charge in [-0.1, -0.05) is 6.92 Å². The molecule has 0 saturated carbocycles. The van der Waals surface area contributed by atoms with Gasteiger partial charge in [0, 0.05) is 43.5 Å². The normalized spacial score (nSPS) is 21.2. The van der Waals surface area contributed by atoms with E-state index in [1.807, 2.05) is 13.0 Å². The Morgan fingerprint density at radius 2 is 2.12 bits per heavy atom. The molecule has 2 saturated heterocycles. The number of pyridine rings is 1. The summed E-state index contributed by atoms with van der Waals surface area (Å²) < 4.78 is 10.6. The summed E-state index contributed by atoms with van der Waals surface area (Å²) in [5, 5.41) is 9.69. The van der Waals surface area contributed by atoms with Gasteiger partial charge in [0.05, 0.1) is 37.7 Å². The van der Waals surface area contributed by atoms with Crippen molar-refractivity contribution in [3.8, 4) is 0 Å². The monoisotopic (exact) mass is 549 g/mol. The topological polar surface area (TPSA) is 152 Å². The fraction of sp³-hybridized carbons (Fsp3) is 0.536. The van der Waals surface area contributed by atoms with Crippen LogP contribution in [-0.4, -0.2) is 85.0 Å². The van der Waals surface area contributed by atoms with Crippen LogP contribution < -0.4 is 21.7 Å². The smallest absolute Gasteiger partial charge is 0.242 e. The van der Waals surface area contributed by atoms with E-state index in [4.69, 9.17) is 20.2 Å². The molecule has 0 aromatic carbocycles. The second kappa shape index (κ2) is 11.8. The van der Waals surface area contributed by atoms with Crippen LogP contribution >= 0.6 is 0 Å². The quantitative estimate of drug-likeness (QED) is 0.271. The maximum atomic E-state index is 13.5. The first-order valence-electron chi connectivity index (χ1n) is 13.8. The van der Waals surface area contributed by atoms with Gasteiger partial charge >= 0.3 is 0 Å². The van der Waals surface area contributed by atoms with Crippen molar-refractivity contribution in [3.63, 3.8) is 0 Å². The molecule has 1 spiro atoms. The Labute approximate surface area is 234 Å². The molecule has 40 heavy (non-hydrogen) atoms. The Balaban J connectivity index is 1.33. The van der Waals surface area contributed by atoms with Crippen LogP contribution in [0.5, 0.6) is 0 Å². The molecule has 0 bridgehead atoms. The number of aryl methyl sites for hydroxylation is 1. The van der Waals surface area contributed by atoms with E-state index < -0.39 is 0 Å². The lowest BCUT2D eigenvalue weighted by Gasteiger charge is -2.48. The summed E-state index contributed by atoms with van der Waals surface area (Å²) in [4.78, 5) is 33.6. The van der Waals surface area contributed by atoms with Gasteiger partial charge in [-0.05, 0) is 56.5 Å². The maximum absolute atomic E-state index is 13.5. The standard InChI is InChI=1S/C28H39N9O3/c1-5-21(37-10-7-28(8-11-37)15-40-16-28)26(38)36-25-23-18(6-9-31-25)19(13-32-23)22-17(2)12-33-27(35-22)34-20(14-30-3)24(29)39-4/h6,9,12,14,19,21,32H,5,7-8,10-11,13,15-16,29H2,1-4H3,(H,31,36,38)(H,33,34,35). The number of amides is 1. The summed E-state index contributed by atoms with van der Waals surface area (Å²) >= 11 is 0. The predicted molar refractivity (Wildman–Crippen MR) is 154 cm³/mol. The van der Waals surface area contributed by atoms with Crippen molar-refractivity contribution in [3.05, 3.63) is 46.9 Å². The number of ether oxygens (including phenoxy) is 2. The number of rotatable bonds is 9. The highest BCUT2D eigenvalue weighted by molar-refractivity contribution is 5.97. The van der Waals surface area contributed by atoms with E-state index in [2.05, 4.69) is 42.7 Å². The number of allylic oxidation sites excluding steroid dienone is 1. The number of hydrogen-bond acceptors (Lipinski definition) is 11. The van der Waals surface area contributed by atoms with E-state index in [9.17, 15) is 4.79 Å². The van der Waals surface area contributed by atoms with Crippen molar-refractivity contribution < 1.29 is 14.3 Å². The molecule has 12 heteroatoms. The van der Waals surface area contributed by atoms with Gasteiger partial charge in [-0.3, -0.25) is 14.7 Å². The molecule has 3 aliphatic rings. The minimum atomic E-state index is -0.195. The number of carbonyl (C=O) groups is 1. The second-order valence-corrected chi connectivity index (χ2v) is 10.8. The number of likely N-dealkylation sites (tertiary alicyclic amines) is 1. The lowest BCUT2D eigenvalue weighted by molar-refractivity contribution is -0.146. The van der Waals surface area contributed by atoms with Crippen molar-refractivity contribution >= 4 is 29.6 Å². The van der Waals surface area contributed by atoms with E-state index >= 15 is 0 Å². The van der Waals surface area contributed by atoms with Crippen LogP contribution in [0.4, 0.5) is 17.5 Å². The first-order chi connectivity index (χ1) is 19.4. The molecule has 5 rings (SSSR count). The van der Waals surface area contributed by atoms with E-state index in [0.29, 0.717) is 29.4 Å². The van der Waals surface area contributed by atoms with Crippen molar-refractivity contribution in [1.82, 2.24) is 19.9 Å². The molecule has 2 aromatic heterocycles. The number of nitrogens with two attached hydrogens (primary N) is 1. The highest BCUT2D eigenvalue weighted by Crippen LogP contribution is 2.41. The molecule has 2 atom stereocenters. The Morgan fingerprint density at radius 1 is 1.35 bits per heavy atom. The number of nitrogens with one attached hydrogen (secondary N) is 3. The van der Waals surface area contributed by atoms with Gasteiger partial charge < -0.3 is 31.2 Å². The molecular formula is C28H39N9O3. The predicted octanol–water partition coefficient (Wildman–Crippen LogP) is 2.45. The van der Waals surface area contributed by atoms with Gasteiger partial charge in [0.15, 0.2) is 5.82 Å². The number of hydrogen-bond donors (Lipinski definition) is 4.